The van der Waals surface area contributed by atoms with Gasteiger partial charge in [-0.2, -0.15) is 13.2 Å². The highest BCUT2D eigenvalue weighted by atomic mass is 19.4. The fourth-order valence-electron chi connectivity index (χ4n) is 1.59. The second-order valence-corrected chi connectivity index (χ2v) is 3.78. The van der Waals surface area contributed by atoms with Crippen LogP contribution in [0, 0.1) is 0 Å². The maximum absolute atomic E-state index is 12.9. The van der Waals surface area contributed by atoms with Crippen LogP contribution in [0.3, 0.4) is 0 Å². The highest BCUT2D eigenvalue weighted by molar-refractivity contribution is 5.73. The van der Waals surface area contributed by atoms with Crippen molar-refractivity contribution in [1.82, 2.24) is 4.98 Å². The van der Waals surface area contributed by atoms with Gasteiger partial charge in [0, 0.05) is 12.1 Å². The Labute approximate surface area is 110 Å². The zero-order valence-electron chi connectivity index (χ0n) is 10.3. The van der Waals surface area contributed by atoms with E-state index in [2.05, 4.69) is 9.72 Å². The third kappa shape index (κ3) is 3.62. The summed E-state index contributed by atoms with van der Waals surface area (Å²) in [6, 6.07) is 0.560. The summed E-state index contributed by atoms with van der Waals surface area (Å²) in [6.07, 6.45) is -9.11. The molecule has 2 N–H and O–H groups in total. The lowest BCUT2D eigenvalue weighted by Gasteiger charge is -2.17. The molecule has 0 aromatic carbocycles. The van der Waals surface area contributed by atoms with Crippen LogP contribution in [0.5, 0.6) is 0 Å². The van der Waals surface area contributed by atoms with Gasteiger partial charge in [-0.3, -0.25) is 9.78 Å². The minimum absolute atomic E-state index is 0.332. The van der Waals surface area contributed by atoms with E-state index in [1.54, 1.807) is 0 Å². The first-order valence-electron chi connectivity index (χ1n) is 5.35. The molecule has 0 aliphatic carbocycles. The van der Waals surface area contributed by atoms with Gasteiger partial charge in [-0.1, -0.05) is 0 Å². The fourth-order valence-corrected chi connectivity index (χ4v) is 1.59. The number of nitrogens with two attached hydrogens (primary N) is 1. The molecular weight excluding hydrogens is 287 g/mol. The molecule has 112 valence electrons. The summed E-state index contributed by atoms with van der Waals surface area (Å²) < 4.78 is 68.6. The van der Waals surface area contributed by atoms with E-state index in [-0.39, 0.29) is 5.69 Å². The highest BCUT2D eigenvalue weighted by Crippen LogP contribution is 2.36. The summed E-state index contributed by atoms with van der Waals surface area (Å²) in [7, 11) is 0.944. The zero-order chi connectivity index (χ0) is 15.5. The van der Waals surface area contributed by atoms with E-state index in [4.69, 9.17) is 5.73 Å². The molecule has 20 heavy (non-hydrogen) atoms. The van der Waals surface area contributed by atoms with Gasteiger partial charge in [0.2, 0.25) is 0 Å². The Bertz CT molecular complexity index is 502. The summed E-state index contributed by atoms with van der Waals surface area (Å²) in [5.41, 5.74) is 1.46. The van der Waals surface area contributed by atoms with Crippen molar-refractivity contribution in [3.05, 3.63) is 28.6 Å². The van der Waals surface area contributed by atoms with Crippen molar-refractivity contribution < 1.29 is 31.5 Å². The largest absolute Gasteiger partial charge is 0.469 e. The number of hydrogen-bond donors (Lipinski definition) is 1. The topological polar surface area (TPSA) is 65.2 Å². The third-order valence-electron chi connectivity index (χ3n) is 2.48. The van der Waals surface area contributed by atoms with Crippen LogP contribution < -0.4 is 5.73 Å². The Morgan fingerprint density at radius 1 is 1.45 bits per heavy atom. The van der Waals surface area contributed by atoms with Gasteiger partial charge in [-0.15, -0.1) is 0 Å². The van der Waals surface area contributed by atoms with Crippen LogP contribution in [0.2, 0.25) is 0 Å². The van der Waals surface area contributed by atoms with E-state index in [1.807, 2.05) is 0 Å². The Hall–Kier alpha value is -1.77. The van der Waals surface area contributed by atoms with Crippen LogP contribution in [-0.2, 0) is 28.7 Å². The number of nitrogens with zero attached hydrogens (tertiary/aromatic N) is 1. The number of hydrogen-bond acceptors (Lipinski definition) is 4. The minimum Gasteiger partial charge on any atom is -0.469 e. The molecule has 0 amide bonds. The summed E-state index contributed by atoms with van der Waals surface area (Å²) in [6.45, 7) is -0.429. The van der Waals surface area contributed by atoms with Gasteiger partial charge >= 0.3 is 12.1 Å². The molecule has 0 fully saturated rings. The first kappa shape index (κ1) is 16.3. The van der Waals surface area contributed by atoms with Gasteiger partial charge in [-0.25, -0.2) is 8.78 Å². The zero-order valence-corrected chi connectivity index (χ0v) is 10.3. The number of esters is 1. The van der Waals surface area contributed by atoms with Crippen molar-refractivity contribution >= 4 is 5.97 Å². The standard InChI is InChI=1S/C11H11F5N2O2/c1-20-8(19)3-6-7(11(14,15)16)2-5(4-17)18-9(6)10(12)13/h2,10H,3-4,17H2,1H3. The van der Waals surface area contributed by atoms with Gasteiger partial charge in [0.15, 0.2) is 0 Å². The van der Waals surface area contributed by atoms with Crippen LogP contribution in [-0.4, -0.2) is 18.1 Å². The lowest BCUT2D eigenvalue weighted by atomic mass is 10.0. The number of rotatable bonds is 4. The third-order valence-corrected chi connectivity index (χ3v) is 2.48. The number of aromatic nitrogens is 1. The van der Waals surface area contributed by atoms with Crippen molar-refractivity contribution in [1.29, 1.82) is 0 Å². The average molecular weight is 298 g/mol. The molecule has 0 spiro atoms. The van der Waals surface area contributed by atoms with E-state index in [0.717, 1.165) is 7.11 Å². The number of carbonyl (C=O) groups excluding carboxylic acids is 1. The lowest BCUT2D eigenvalue weighted by Crippen LogP contribution is -2.19. The van der Waals surface area contributed by atoms with E-state index < -0.39 is 48.4 Å². The second-order valence-electron chi connectivity index (χ2n) is 3.78. The molecule has 0 aliphatic rings. The molecule has 9 heteroatoms. The number of alkyl halides is 5. The normalized spacial score (nSPS) is 11.8. The monoisotopic (exact) mass is 298 g/mol. The van der Waals surface area contributed by atoms with E-state index in [0.29, 0.717) is 6.07 Å². The van der Waals surface area contributed by atoms with Crippen molar-refractivity contribution in [2.75, 3.05) is 7.11 Å². The molecule has 1 aromatic rings. The quantitative estimate of drug-likeness (QED) is 0.683. The van der Waals surface area contributed by atoms with E-state index in [1.165, 1.54) is 0 Å². The molecule has 1 heterocycles. The number of methoxy groups -OCH3 is 1. The molecule has 4 nitrogen and oxygen atoms in total. The average Bonchev–Trinajstić information content (AvgIpc) is 2.36. The van der Waals surface area contributed by atoms with Crippen LogP contribution in [0.15, 0.2) is 6.07 Å². The molecule has 1 rings (SSSR count). The van der Waals surface area contributed by atoms with E-state index >= 15 is 0 Å². The number of ether oxygens (including phenoxy) is 1. The Balaban J connectivity index is 3.52. The first-order valence-corrected chi connectivity index (χ1v) is 5.35. The van der Waals surface area contributed by atoms with Crippen molar-refractivity contribution in [2.45, 2.75) is 25.6 Å². The van der Waals surface area contributed by atoms with Crippen LogP contribution >= 0.6 is 0 Å². The van der Waals surface area contributed by atoms with Gasteiger partial charge in [0.05, 0.1) is 24.8 Å². The number of halogens is 5. The smallest absolute Gasteiger partial charge is 0.416 e. The molecule has 0 aliphatic heterocycles. The highest BCUT2D eigenvalue weighted by Gasteiger charge is 2.37. The Kier molecular flexibility index (Phi) is 4.98. The van der Waals surface area contributed by atoms with Crippen LogP contribution in [0.25, 0.3) is 0 Å². The van der Waals surface area contributed by atoms with E-state index in [9.17, 15) is 26.7 Å². The summed E-state index contributed by atoms with van der Waals surface area (Å²) in [5.74, 6) is -1.07. The molecule has 0 saturated heterocycles. The Morgan fingerprint density at radius 2 is 2.05 bits per heavy atom. The molecule has 0 unspecified atom stereocenters. The first-order chi connectivity index (χ1) is 9.20. The molecule has 0 bridgehead atoms. The van der Waals surface area contributed by atoms with Gasteiger partial charge in [0.1, 0.15) is 5.69 Å². The van der Waals surface area contributed by atoms with Crippen molar-refractivity contribution in [3.8, 4) is 0 Å². The van der Waals surface area contributed by atoms with Gasteiger partial charge in [0.25, 0.3) is 6.43 Å². The maximum atomic E-state index is 12.9. The lowest BCUT2D eigenvalue weighted by molar-refractivity contribution is -0.141. The molecule has 0 atom stereocenters. The van der Waals surface area contributed by atoms with Crippen molar-refractivity contribution in [2.24, 2.45) is 5.73 Å². The predicted octanol–water partition coefficient (Wildman–Crippen LogP) is 2.21. The molecular formula is C11H11F5N2O2. The van der Waals surface area contributed by atoms with Crippen molar-refractivity contribution in [3.63, 3.8) is 0 Å². The fraction of sp³-hybridized carbons (Fsp3) is 0.455. The second kappa shape index (κ2) is 6.12. The number of pyridine rings is 1. The predicted molar refractivity (Wildman–Crippen MR) is 57.8 cm³/mol. The summed E-state index contributed by atoms with van der Waals surface area (Å²) in [4.78, 5) is 14.5. The van der Waals surface area contributed by atoms with Crippen LogP contribution in [0.4, 0.5) is 22.0 Å². The van der Waals surface area contributed by atoms with Crippen LogP contribution in [0.1, 0.15) is 28.9 Å². The minimum atomic E-state index is -4.90. The van der Waals surface area contributed by atoms with Gasteiger partial charge in [-0.05, 0) is 6.07 Å². The summed E-state index contributed by atoms with van der Waals surface area (Å²) in [5, 5.41) is 0. The van der Waals surface area contributed by atoms with Gasteiger partial charge < -0.3 is 10.5 Å². The molecule has 0 radical (unpaired) electrons. The SMILES string of the molecule is COC(=O)Cc1c(C(F)(F)F)cc(CN)nc1C(F)F. The maximum Gasteiger partial charge on any atom is 0.416 e. The Morgan fingerprint density at radius 3 is 2.45 bits per heavy atom. The summed E-state index contributed by atoms with van der Waals surface area (Å²) >= 11 is 0. The molecule has 0 saturated carbocycles. The molecule has 1 aromatic heterocycles. The number of carbonyl (C=O) groups is 1.